The molecule has 0 aliphatic heterocycles. The van der Waals surface area contributed by atoms with Crippen LogP contribution >= 0.6 is 0 Å². The van der Waals surface area contributed by atoms with Crippen molar-refractivity contribution >= 4 is 17.5 Å². The second-order valence-electron chi connectivity index (χ2n) is 16.3. The van der Waals surface area contributed by atoms with Crippen LogP contribution in [0.4, 0.5) is 4.79 Å². The first-order valence-corrected chi connectivity index (χ1v) is 21.4. The number of nitrogens with one attached hydrogen (secondary N) is 1. The second-order valence-corrected chi connectivity index (χ2v) is 16.3. The molecule has 4 saturated carbocycles. The lowest BCUT2D eigenvalue weighted by Crippen LogP contribution is -2.42. The molecule has 4 aliphatic carbocycles. The lowest BCUT2D eigenvalue weighted by Gasteiger charge is -2.32. The molecule has 4 fully saturated rings. The number of Topliss-reactive ketones (excluding diaryl/α,β-unsaturated/α-hetero) is 1. The smallest absolute Gasteiger partial charge is 0.338 e. The Labute approximate surface area is 345 Å². The van der Waals surface area contributed by atoms with Crippen molar-refractivity contribution in [2.24, 2.45) is 10.9 Å². The fourth-order valence-corrected chi connectivity index (χ4v) is 8.95. The summed E-state index contributed by atoms with van der Waals surface area (Å²) < 4.78 is 0. The van der Waals surface area contributed by atoms with Crippen molar-refractivity contribution in [3.63, 3.8) is 0 Å². The molecule has 4 aliphatic rings. The molecule has 9 heteroatoms. The van der Waals surface area contributed by atoms with Crippen LogP contribution in [0.1, 0.15) is 149 Å². The maximum atomic E-state index is 11.0. The van der Waals surface area contributed by atoms with Crippen LogP contribution in [0.15, 0.2) is 126 Å². The van der Waals surface area contributed by atoms with Crippen molar-refractivity contribution in [2.75, 3.05) is 0 Å². The zero-order valence-corrected chi connectivity index (χ0v) is 34.0. The minimum Gasteiger partial charge on any atom is -0.411 e. The molecule has 0 aromatic heterocycles. The van der Waals surface area contributed by atoms with E-state index in [1.54, 1.807) is 0 Å². The number of nitrogens with zero attached hydrogens (tertiary/aromatic N) is 2. The van der Waals surface area contributed by atoms with Crippen molar-refractivity contribution in [3.8, 4) is 0 Å². The summed E-state index contributed by atoms with van der Waals surface area (Å²) >= 11 is 0. The number of ketones is 1. The lowest BCUT2D eigenvalue weighted by molar-refractivity contribution is -0.120. The van der Waals surface area contributed by atoms with Crippen molar-refractivity contribution in [2.45, 2.75) is 138 Å². The van der Waals surface area contributed by atoms with Gasteiger partial charge >= 0.3 is 6.03 Å². The van der Waals surface area contributed by atoms with E-state index in [2.05, 4.69) is 102 Å². The molecule has 310 valence electrons. The van der Waals surface area contributed by atoms with E-state index in [0.29, 0.717) is 40.6 Å². The van der Waals surface area contributed by atoms with Gasteiger partial charge in [0.15, 0.2) is 0 Å². The van der Waals surface area contributed by atoms with E-state index in [0.717, 1.165) is 95.6 Å². The summed E-state index contributed by atoms with van der Waals surface area (Å²) in [5.74, 6) is 2.95. The molecule has 0 saturated heterocycles. The van der Waals surface area contributed by atoms with Gasteiger partial charge in [0.1, 0.15) is 5.78 Å². The summed E-state index contributed by atoms with van der Waals surface area (Å²) in [6, 6.07) is 41.6. The normalized spacial score (nSPS) is 23.3. The summed E-state index contributed by atoms with van der Waals surface area (Å²) in [5, 5.41) is 30.9. The van der Waals surface area contributed by atoms with E-state index >= 15 is 0 Å². The molecule has 4 aromatic rings. The number of hydroxylamine groups is 3. The largest absolute Gasteiger partial charge is 0.411 e. The van der Waals surface area contributed by atoms with E-state index in [-0.39, 0.29) is 6.04 Å². The Hall–Kier alpha value is -4.83. The predicted octanol–water partition coefficient (Wildman–Crippen LogP) is 11.3. The molecule has 6 N–H and O–H groups in total. The molecule has 58 heavy (non-hydrogen) atoms. The van der Waals surface area contributed by atoms with Gasteiger partial charge in [-0.05, 0) is 136 Å². The molecular formula is C49H64N4O5. The maximum Gasteiger partial charge on any atom is 0.338 e. The summed E-state index contributed by atoms with van der Waals surface area (Å²) in [5.41, 5.74) is 14.0. The zero-order chi connectivity index (χ0) is 41.0. The van der Waals surface area contributed by atoms with Gasteiger partial charge in [0.2, 0.25) is 0 Å². The number of primary amides is 1. The number of nitrogens with two attached hydrogens (primary N) is 1. The Morgan fingerprint density at radius 2 is 0.862 bits per heavy atom. The lowest BCUT2D eigenvalue weighted by atomic mass is 9.82. The number of amides is 2. The highest BCUT2D eigenvalue weighted by Crippen LogP contribution is 2.35. The molecule has 0 bridgehead atoms. The Balaban J connectivity index is 0.000000148. The molecule has 0 unspecified atom stereocenters. The molecule has 9 nitrogen and oxygen atoms in total. The fraction of sp³-hybridized carbons (Fsp3) is 0.449. The quantitative estimate of drug-likeness (QED) is 0.0746. The highest BCUT2D eigenvalue weighted by atomic mass is 16.5. The van der Waals surface area contributed by atoms with Gasteiger partial charge in [-0.15, -0.1) is 0 Å². The Kier molecular flexibility index (Phi) is 18.5. The second kappa shape index (κ2) is 24.2. The molecule has 2 amide bonds. The summed E-state index contributed by atoms with van der Waals surface area (Å²) in [6.07, 6.45) is 15.9. The first-order chi connectivity index (χ1) is 28.3. The first-order valence-electron chi connectivity index (χ1n) is 21.4. The van der Waals surface area contributed by atoms with Gasteiger partial charge in [-0.1, -0.05) is 126 Å². The molecule has 8 rings (SSSR count). The Morgan fingerprint density at radius 3 is 1.19 bits per heavy atom. The van der Waals surface area contributed by atoms with Crippen LogP contribution in [0.2, 0.25) is 0 Å². The predicted molar refractivity (Wildman–Crippen MR) is 231 cm³/mol. The average Bonchev–Trinajstić information content (AvgIpc) is 3.31. The van der Waals surface area contributed by atoms with Crippen LogP contribution in [0.5, 0.6) is 0 Å². The SMILES string of the molecule is NC(=O)N(O)C1CCC(c2ccccc2)CC1.O=C1CCC(c2ccccc2)CC1.ON=C1CCC(c2ccccc2)CC1.ONC1CCC(c2ccccc2)CC1. The van der Waals surface area contributed by atoms with Crippen molar-refractivity contribution in [3.05, 3.63) is 144 Å². The topological polar surface area (TPSA) is 148 Å². The number of rotatable bonds is 6. The monoisotopic (exact) mass is 788 g/mol. The van der Waals surface area contributed by atoms with Gasteiger partial charge in [-0.3, -0.25) is 10.0 Å². The van der Waals surface area contributed by atoms with Crippen molar-refractivity contribution < 1.29 is 25.2 Å². The Morgan fingerprint density at radius 1 is 0.534 bits per heavy atom. The molecule has 0 atom stereocenters. The molecule has 0 radical (unpaired) electrons. The van der Waals surface area contributed by atoms with Gasteiger partial charge in [-0.25, -0.2) is 15.3 Å². The number of hydrogen-bond donors (Lipinski definition) is 5. The zero-order valence-electron chi connectivity index (χ0n) is 34.0. The third kappa shape index (κ3) is 14.2. The van der Waals surface area contributed by atoms with E-state index in [1.807, 2.05) is 30.3 Å². The number of carbonyl (C=O) groups excluding carboxylic acids is 2. The number of urea groups is 1. The first kappa shape index (κ1) is 44.3. The van der Waals surface area contributed by atoms with Gasteiger partial charge in [0, 0.05) is 18.9 Å². The average molecular weight is 789 g/mol. The molecule has 0 heterocycles. The number of benzene rings is 4. The van der Waals surface area contributed by atoms with Gasteiger partial charge in [0.25, 0.3) is 0 Å². The Bertz CT molecular complexity index is 1760. The van der Waals surface area contributed by atoms with E-state index in [9.17, 15) is 14.8 Å². The number of hydrogen-bond acceptors (Lipinski definition) is 7. The molecule has 0 spiro atoms. The van der Waals surface area contributed by atoms with Crippen molar-refractivity contribution in [1.82, 2.24) is 10.5 Å². The highest BCUT2D eigenvalue weighted by Gasteiger charge is 2.28. The third-order valence-electron chi connectivity index (χ3n) is 12.5. The van der Waals surface area contributed by atoms with Crippen LogP contribution in [0.3, 0.4) is 0 Å². The summed E-state index contributed by atoms with van der Waals surface area (Å²) in [6.45, 7) is 0. The van der Waals surface area contributed by atoms with Crippen LogP contribution in [0, 0.1) is 0 Å². The van der Waals surface area contributed by atoms with Crippen molar-refractivity contribution in [1.29, 1.82) is 0 Å². The highest BCUT2D eigenvalue weighted by molar-refractivity contribution is 5.84. The standard InChI is InChI=1S/C13H18N2O2.C12H17NO.C12H15NO.C12H14O/c14-13(16)15(17)12-8-6-11(7-9-12)10-4-2-1-3-5-10;2*14-13-12-8-6-11(7-9-12)10-4-2-1-3-5-10;13-12-8-6-11(7-9-12)10-4-2-1-3-5-10/h1-5,11-12,17H,6-9H2,(H2,14,16);1-5,11-14H,6-9H2;1-5,11,14H,6-9H2;1-5,11H,6-9H2. The van der Waals surface area contributed by atoms with Crippen LogP contribution in [-0.4, -0.2) is 50.3 Å². The third-order valence-corrected chi connectivity index (χ3v) is 12.5. The molecular weight excluding hydrogens is 725 g/mol. The maximum absolute atomic E-state index is 11.0. The van der Waals surface area contributed by atoms with E-state index in [4.69, 9.17) is 16.1 Å². The van der Waals surface area contributed by atoms with Crippen LogP contribution in [0.25, 0.3) is 0 Å². The minimum atomic E-state index is -0.756. The number of oxime groups is 1. The van der Waals surface area contributed by atoms with E-state index < -0.39 is 6.03 Å². The van der Waals surface area contributed by atoms with E-state index in [1.165, 1.54) is 35.1 Å². The fourth-order valence-electron chi connectivity index (χ4n) is 8.95. The summed E-state index contributed by atoms with van der Waals surface area (Å²) in [7, 11) is 0. The van der Waals surface area contributed by atoms with Crippen LogP contribution < -0.4 is 11.2 Å². The van der Waals surface area contributed by atoms with Gasteiger partial charge in [-0.2, -0.15) is 0 Å². The van der Waals surface area contributed by atoms with Crippen LogP contribution in [-0.2, 0) is 4.79 Å². The minimum absolute atomic E-state index is 0.118. The van der Waals surface area contributed by atoms with Gasteiger partial charge in [0.05, 0.1) is 11.8 Å². The molecule has 4 aromatic carbocycles. The number of carbonyl (C=O) groups is 2. The summed E-state index contributed by atoms with van der Waals surface area (Å²) in [4.78, 5) is 21.9. The van der Waals surface area contributed by atoms with Gasteiger partial charge < -0.3 is 16.1 Å².